The van der Waals surface area contributed by atoms with Crippen LogP contribution in [0.15, 0.2) is 76.7 Å². The molecule has 8 N–H and O–H groups in total. The van der Waals surface area contributed by atoms with E-state index in [0.29, 0.717) is 11.3 Å². The average Bonchev–Trinajstić information content (AvgIpc) is 3.58. The van der Waals surface area contributed by atoms with Crippen LogP contribution in [0.5, 0.6) is 0 Å². The largest absolute Gasteiger partial charge is 0.370 e. The fourth-order valence-corrected chi connectivity index (χ4v) is 6.77. The van der Waals surface area contributed by atoms with Crippen molar-refractivity contribution < 1.29 is 24.6 Å². The Labute approximate surface area is 251 Å². The van der Waals surface area contributed by atoms with Crippen LogP contribution in [-0.2, 0) is 4.79 Å². The molecule has 44 heavy (non-hydrogen) atoms. The summed E-state index contributed by atoms with van der Waals surface area (Å²) >= 11 is 0. The number of guanidine groups is 2. The zero-order valence-corrected chi connectivity index (χ0v) is 23.7. The van der Waals surface area contributed by atoms with Crippen LogP contribution in [0.4, 0.5) is 10.5 Å². The lowest BCUT2D eigenvalue weighted by atomic mass is 9.84. The van der Waals surface area contributed by atoms with Gasteiger partial charge in [-0.05, 0) is 35.9 Å². The van der Waals surface area contributed by atoms with Crippen molar-refractivity contribution in [1.82, 2.24) is 20.4 Å². The van der Waals surface area contributed by atoms with Gasteiger partial charge in [0.25, 0.3) is 11.8 Å². The van der Waals surface area contributed by atoms with E-state index >= 15 is 0 Å². The van der Waals surface area contributed by atoms with E-state index in [4.69, 9.17) is 11.5 Å². The van der Waals surface area contributed by atoms with Crippen molar-refractivity contribution in [3.63, 3.8) is 0 Å². The van der Waals surface area contributed by atoms with E-state index in [1.54, 1.807) is 42.5 Å². The predicted octanol–water partition coefficient (Wildman–Crippen LogP) is -0.608. The second-order valence-electron chi connectivity index (χ2n) is 11.5. The molecule has 14 heteroatoms. The van der Waals surface area contributed by atoms with Crippen LogP contribution >= 0.6 is 0 Å². The van der Waals surface area contributed by atoms with Gasteiger partial charge in [-0.2, -0.15) is 0 Å². The number of rotatable bonds is 5. The van der Waals surface area contributed by atoms with Crippen molar-refractivity contribution in [2.24, 2.45) is 21.5 Å². The molecule has 226 valence electrons. The smallest absolute Gasteiger partial charge is 0.331 e. The second-order valence-corrected chi connectivity index (χ2v) is 11.5. The molecular weight excluding hydrogens is 566 g/mol. The Hall–Kier alpha value is -5.21. The van der Waals surface area contributed by atoms with Gasteiger partial charge in [0.05, 0.1) is 12.6 Å². The van der Waals surface area contributed by atoms with Crippen molar-refractivity contribution in [3.05, 3.63) is 77.9 Å². The maximum atomic E-state index is 13.6. The van der Waals surface area contributed by atoms with E-state index in [-0.39, 0.29) is 31.6 Å². The predicted molar refractivity (Wildman–Crippen MR) is 161 cm³/mol. The minimum absolute atomic E-state index is 0.0901. The van der Waals surface area contributed by atoms with Crippen molar-refractivity contribution in [1.29, 1.82) is 0 Å². The summed E-state index contributed by atoms with van der Waals surface area (Å²) in [5.74, 6) is -3.84. The number of fused-ring (bicyclic) bond motifs is 1. The molecule has 0 radical (unpaired) electrons. The third-order valence-corrected chi connectivity index (χ3v) is 8.88. The first-order chi connectivity index (χ1) is 21.0. The molecule has 0 aromatic heterocycles. The van der Waals surface area contributed by atoms with Gasteiger partial charge in [-0.25, -0.2) is 14.8 Å². The number of nitrogens with two attached hydrogens (primary N) is 2. The first kappa shape index (κ1) is 27.6. The van der Waals surface area contributed by atoms with E-state index < -0.39 is 47.4 Å². The summed E-state index contributed by atoms with van der Waals surface area (Å²) < 4.78 is 0. The van der Waals surface area contributed by atoms with Gasteiger partial charge in [-0.1, -0.05) is 54.1 Å². The lowest BCUT2D eigenvalue weighted by Gasteiger charge is -2.49. The number of para-hydroxylation sites is 1. The summed E-state index contributed by atoms with van der Waals surface area (Å²) in [6.07, 6.45) is 0. The number of nitrogens with one attached hydrogen (secondary N) is 2. The van der Waals surface area contributed by atoms with E-state index in [0.717, 1.165) is 21.2 Å². The van der Waals surface area contributed by atoms with Crippen molar-refractivity contribution in [2.45, 2.75) is 36.5 Å². The highest BCUT2D eigenvalue weighted by molar-refractivity contribution is 6.12. The third kappa shape index (κ3) is 3.91. The van der Waals surface area contributed by atoms with Crippen molar-refractivity contribution in [2.75, 3.05) is 24.5 Å². The number of anilines is 1. The van der Waals surface area contributed by atoms with Crippen LogP contribution in [0.1, 0.15) is 15.9 Å². The monoisotopic (exact) mass is 597 g/mol. The zero-order chi connectivity index (χ0) is 31.0. The molecule has 2 fully saturated rings. The number of imide groups is 1. The van der Waals surface area contributed by atoms with Crippen LogP contribution in [0.2, 0.25) is 0 Å². The van der Waals surface area contributed by atoms with Gasteiger partial charge in [0.2, 0.25) is 5.79 Å². The Morgan fingerprint density at radius 3 is 2.61 bits per heavy atom. The van der Waals surface area contributed by atoms with Gasteiger partial charge in [0.15, 0.2) is 17.6 Å². The summed E-state index contributed by atoms with van der Waals surface area (Å²) in [7, 11) is 0. The minimum atomic E-state index is -2.67. The summed E-state index contributed by atoms with van der Waals surface area (Å²) in [5.41, 5.74) is 12.6. The van der Waals surface area contributed by atoms with E-state index in [1.807, 2.05) is 31.2 Å². The summed E-state index contributed by atoms with van der Waals surface area (Å²) in [6.45, 7) is 1.39. The van der Waals surface area contributed by atoms with Crippen molar-refractivity contribution in [3.8, 4) is 0 Å². The normalized spacial score (nSPS) is 27.2. The Morgan fingerprint density at radius 2 is 1.84 bits per heavy atom. The fourth-order valence-electron chi connectivity index (χ4n) is 6.77. The summed E-state index contributed by atoms with van der Waals surface area (Å²) in [6, 6.07) is 16.0. The number of aliphatic imine (C=N–C) groups is 2. The Morgan fingerprint density at radius 1 is 1.07 bits per heavy atom. The Balaban J connectivity index is 1.18. The quantitative estimate of drug-likeness (QED) is 0.164. The number of carbonyl (C=O) groups excluding carboxylic acids is 3. The molecule has 4 aliphatic rings. The lowest BCUT2D eigenvalue weighted by molar-refractivity contribution is -0.230. The van der Waals surface area contributed by atoms with Gasteiger partial charge in [-0.3, -0.25) is 19.4 Å². The zero-order valence-electron chi connectivity index (χ0n) is 23.7. The molecule has 4 heterocycles. The molecule has 4 aliphatic heterocycles. The van der Waals surface area contributed by atoms with Crippen LogP contribution in [0.3, 0.4) is 0 Å². The third-order valence-electron chi connectivity index (χ3n) is 8.88. The Bertz CT molecular complexity index is 1780. The van der Waals surface area contributed by atoms with Crippen molar-refractivity contribution >= 4 is 46.2 Å². The molecule has 0 saturated carbocycles. The second kappa shape index (κ2) is 9.65. The van der Waals surface area contributed by atoms with Gasteiger partial charge >= 0.3 is 6.03 Å². The van der Waals surface area contributed by atoms with Gasteiger partial charge in [0.1, 0.15) is 18.6 Å². The van der Waals surface area contributed by atoms with Gasteiger partial charge in [0, 0.05) is 17.8 Å². The number of aliphatic hydroxyl groups is 2. The van der Waals surface area contributed by atoms with Gasteiger partial charge < -0.3 is 37.2 Å². The highest BCUT2D eigenvalue weighted by Crippen LogP contribution is 2.45. The molecule has 1 spiro atoms. The topological polar surface area (TPSA) is 202 Å². The average molecular weight is 598 g/mol. The molecule has 4 amide bonds. The summed E-state index contributed by atoms with van der Waals surface area (Å²) in [4.78, 5) is 52.7. The standard InChI is InChI=1S/C30H31N9O5/c1-16-10-11-17-6-5-9-19(20(17)12-16)25(41)34-22-14-39-27(32)33-21(24-29(39,30(22,43)44)36-26(31)35-24)13-38-23(40)15-37(28(38)42)18-7-3-2-4-8-18/h2-12,21-22,24,43-44H,13-15H2,1H3,(H2,32,33)(H,34,41)(H3,31,35,36)/t21-,22?,24?,29?/m0/s1. The molecule has 3 unspecified atom stereocenters. The van der Waals surface area contributed by atoms with E-state index in [2.05, 4.69) is 20.6 Å². The molecule has 14 nitrogen and oxygen atoms in total. The molecule has 0 bridgehead atoms. The van der Waals surface area contributed by atoms with Gasteiger partial charge in [-0.15, -0.1) is 0 Å². The molecule has 4 atom stereocenters. The highest BCUT2D eigenvalue weighted by Gasteiger charge is 2.73. The number of aryl methyl sites for hydroxylation is 1. The van der Waals surface area contributed by atoms with E-state index in [1.165, 1.54) is 9.80 Å². The number of amides is 4. The number of nitrogens with zero attached hydrogens (tertiary/aromatic N) is 5. The first-order valence-corrected chi connectivity index (χ1v) is 14.2. The number of hydrogen-bond donors (Lipinski definition) is 6. The van der Waals surface area contributed by atoms with Crippen LogP contribution < -0.4 is 27.0 Å². The minimum Gasteiger partial charge on any atom is -0.370 e. The molecular formula is C30H31N9O5. The maximum Gasteiger partial charge on any atom is 0.331 e. The molecule has 2 saturated heterocycles. The molecule has 3 aromatic rings. The van der Waals surface area contributed by atoms with Crippen LogP contribution in [-0.4, -0.2) is 99.0 Å². The first-order valence-electron chi connectivity index (χ1n) is 14.2. The molecule has 3 aromatic carbocycles. The number of hydrogen-bond acceptors (Lipinski definition) is 11. The number of benzene rings is 3. The number of carbonyl (C=O) groups is 3. The lowest BCUT2D eigenvalue weighted by Crippen LogP contribution is -2.78. The Kier molecular flexibility index (Phi) is 6.06. The molecule has 0 aliphatic carbocycles. The number of urea groups is 1. The maximum absolute atomic E-state index is 13.6. The van der Waals surface area contributed by atoms with E-state index in [9.17, 15) is 24.6 Å². The fraction of sp³-hybridized carbons (Fsp3) is 0.300. The summed E-state index contributed by atoms with van der Waals surface area (Å²) in [5, 5.41) is 30.9. The van der Waals surface area contributed by atoms with Crippen LogP contribution in [0.25, 0.3) is 10.8 Å². The van der Waals surface area contributed by atoms with Crippen LogP contribution in [0, 0.1) is 6.92 Å². The SMILES string of the molecule is Cc1ccc2cccc(C(=O)NC3CN4C(N)=N[C@@H](CN5C(=O)CN(c6ccccc6)C5=O)C5N=C(N)NC54C3(O)O)c2c1. The highest BCUT2D eigenvalue weighted by atomic mass is 16.5. The molecule has 7 rings (SSSR count).